The minimum absolute atomic E-state index is 0.0940. The van der Waals surface area contributed by atoms with Crippen molar-refractivity contribution in [3.63, 3.8) is 0 Å². The third-order valence-corrected chi connectivity index (χ3v) is 4.51. The van der Waals surface area contributed by atoms with Crippen LogP contribution in [0.1, 0.15) is 19.3 Å². The first kappa shape index (κ1) is 19.3. The Balaban J connectivity index is 1.49. The SMILES string of the molecule is O=C(C[C@H]1C=C[C@@H](NC(=O)Nc2cccc(F)c2)[C@@H](CO)O1)NCC1CC1. The Morgan fingerprint density at radius 1 is 1.26 bits per heavy atom. The maximum Gasteiger partial charge on any atom is 0.319 e. The van der Waals surface area contributed by atoms with Crippen LogP contribution in [-0.4, -0.2) is 48.4 Å². The normalized spacial score (nSPS) is 24.3. The fourth-order valence-electron chi connectivity index (χ4n) is 2.86. The summed E-state index contributed by atoms with van der Waals surface area (Å²) in [5, 5.41) is 17.6. The Bertz CT molecular complexity index is 708. The maximum atomic E-state index is 13.2. The van der Waals surface area contributed by atoms with Crippen LogP contribution in [0.2, 0.25) is 0 Å². The molecule has 0 saturated heterocycles. The molecule has 3 atom stereocenters. The summed E-state index contributed by atoms with van der Waals surface area (Å²) in [6.45, 7) is 0.387. The van der Waals surface area contributed by atoms with Gasteiger partial charge in [-0.15, -0.1) is 0 Å². The van der Waals surface area contributed by atoms with Gasteiger partial charge >= 0.3 is 6.03 Å². The standard InChI is InChI=1S/C19H24FN3O4/c20-13-2-1-3-14(8-13)22-19(26)23-16-7-6-15(27-17(16)11-24)9-18(25)21-10-12-4-5-12/h1-3,6-8,12,15-17,24H,4-5,9-11H2,(H,21,25)(H2,22,23,26)/t15-,16-,17-/m1/s1. The van der Waals surface area contributed by atoms with Gasteiger partial charge < -0.3 is 25.8 Å². The van der Waals surface area contributed by atoms with Gasteiger partial charge in [0.25, 0.3) is 0 Å². The van der Waals surface area contributed by atoms with E-state index in [1.54, 1.807) is 18.2 Å². The second-order valence-corrected chi connectivity index (χ2v) is 6.87. The smallest absolute Gasteiger partial charge is 0.319 e. The summed E-state index contributed by atoms with van der Waals surface area (Å²) in [5.41, 5.74) is 0.318. The predicted octanol–water partition coefficient (Wildman–Crippen LogP) is 1.55. The fourth-order valence-corrected chi connectivity index (χ4v) is 2.86. The Morgan fingerprint density at radius 3 is 2.78 bits per heavy atom. The summed E-state index contributed by atoms with van der Waals surface area (Å²) in [5.74, 6) is 0.0559. The Labute approximate surface area is 157 Å². The van der Waals surface area contributed by atoms with E-state index in [9.17, 15) is 19.1 Å². The zero-order valence-electron chi connectivity index (χ0n) is 14.9. The van der Waals surface area contributed by atoms with Crippen molar-refractivity contribution < 1.29 is 23.8 Å². The van der Waals surface area contributed by atoms with E-state index in [4.69, 9.17) is 4.74 Å². The molecule has 146 valence electrons. The monoisotopic (exact) mass is 377 g/mol. The summed E-state index contributed by atoms with van der Waals surface area (Å²) in [7, 11) is 0. The first-order chi connectivity index (χ1) is 13.0. The van der Waals surface area contributed by atoms with Crippen LogP contribution >= 0.6 is 0 Å². The predicted molar refractivity (Wildman–Crippen MR) is 97.6 cm³/mol. The molecule has 27 heavy (non-hydrogen) atoms. The summed E-state index contributed by atoms with van der Waals surface area (Å²) < 4.78 is 18.9. The van der Waals surface area contributed by atoms with Crippen molar-refractivity contribution >= 4 is 17.6 Å². The maximum absolute atomic E-state index is 13.2. The molecule has 0 aromatic heterocycles. The van der Waals surface area contributed by atoms with Gasteiger partial charge in [-0.2, -0.15) is 0 Å². The number of hydrogen-bond donors (Lipinski definition) is 4. The van der Waals surface area contributed by atoms with Crippen LogP contribution in [0.4, 0.5) is 14.9 Å². The Kier molecular flexibility index (Phi) is 6.41. The fraction of sp³-hybridized carbons (Fsp3) is 0.474. The van der Waals surface area contributed by atoms with Crippen molar-refractivity contribution in [1.29, 1.82) is 0 Å². The number of nitrogens with one attached hydrogen (secondary N) is 3. The van der Waals surface area contributed by atoms with Crippen molar-refractivity contribution in [2.45, 2.75) is 37.5 Å². The highest BCUT2D eigenvalue weighted by Crippen LogP contribution is 2.27. The highest BCUT2D eigenvalue weighted by Gasteiger charge is 2.29. The third-order valence-electron chi connectivity index (χ3n) is 4.51. The molecule has 1 aromatic carbocycles. The van der Waals surface area contributed by atoms with Crippen LogP contribution < -0.4 is 16.0 Å². The number of carbonyl (C=O) groups excluding carboxylic acids is 2. The molecule has 1 aromatic rings. The summed E-state index contributed by atoms with van der Waals surface area (Å²) in [6.07, 6.45) is 4.78. The first-order valence-corrected chi connectivity index (χ1v) is 9.08. The lowest BCUT2D eigenvalue weighted by Crippen LogP contribution is -2.50. The van der Waals surface area contributed by atoms with Gasteiger partial charge in [0.05, 0.1) is 25.2 Å². The lowest BCUT2D eigenvalue weighted by Gasteiger charge is -2.31. The number of carbonyl (C=O) groups is 2. The number of aliphatic hydroxyl groups is 1. The number of urea groups is 1. The molecule has 1 saturated carbocycles. The number of aliphatic hydroxyl groups excluding tert-OH is 1. The van der Waals surface area contributed by atoms with Crippen LogP contribution in [0.5, 0.6) is 0 Å². The zero-order chi connectivity index (χ0) is 19.2. The van der Waals surface area contributed by atoms with Crippen LogP contribution in [0.15, 0.2) is 36.4 Å². The van der Waals surface area contributed by atoms with Crippen molar-refractivity contribution in [3.05, 3.63) is 42.2 Å². The molecule has 1 aliphatic carbocycles. The molecule has 1 fully saturated rings. The molecule has 0 spiro atoms. The molecule has 1 aliphatic heterocycles. The second-order valence-electron chi connectivity index (χ2n) is 6.87. The topological polar surface area (TPSA) is 99.7 Å². The number of halogens is 1. The van der Waals surface area contributed by atoms with E-state index in [1.807, 2.05) is 0 Å². The molecule has 1 heterocycles. The van der Waals surface area contributed by atoms with Gasteiger partial charge in [0.15, 0.2) is 0 Å². The average Bonchev–Trinajstić information content (AvgIpc) is 3.45. The van der Waals surface area contributed by atoms with E-state index in [0.29, 0.717) is 18.2 Å². The minimum Gasteiger partial charge on any atom is -0.394 e. The van der Waals surface area contributed by atoms with Gasteiger partial charge in [-0.05, 0) is 37.0 Å². The number of benzene rings is 1. The molecule has 8 heteroatoms. The van der Waals surface area contributed by atoms with Crippen LogP contribution in [0.3, 0.4) is 0 Å². The highest BCUT2D eigenvalue weighted by atomic mass is 19.1. The van der Waals surface area contributed by atoms with Crippen molar-refractivity contribution in [1.82, 2.24) is 10.6 Å². The Morgan fingerprint density at radius 2 is 2.07 bits per heavy atom. The van der Waals surface area contributed by atoms with E-state index >= 15 is 0 Å². The van der Waals surface area contributed by atoms with Gasteiger partial charge in [0.1, 0.15) is 11.9 Å². The van der Waals surface area contributed by atoms with Gasteiger partial charge in [0, 0.05) is 12.2 Å². The molecule has 3 amide bonds. The average molecular weight is 377 g/mol. The molecular formula is C19H24FN3O4. The number of ether oxygens (including phenoxy) is 1. The molecular weight excluding hydrogens is 353 g/mol. The van der Waals surface area contributed by atoms with Gasteiger partial charge in [-0.25, -0.2) is 9.18 Å². The Hall–Kier alpha value is -2.45. The van der Waals surface area contributed by atoms with Gasteiger partial charge in [0.2, 0.25) is 5.91 Å². The van der Waals surface area contributed by atoms with Gasteiger partial charge in [-0.1, -0.05) is 18.2 Å². The zero-order valence-corrected chi connectivity index (χ0v) is 14.9. The summed E-state index contributed by atoms with van der Waals surface area (Å²) >= 11 is 0. The number of amides is 3. The molecule has 7 nitrogen and oxygen atoms in total. The lowest BCUT2D eigenvalue weighted by atomic mass is 10.0. The molecule has 4 N–H and O–H groups in total. The highest BCUT2D eigenvalue weighted by molar-refractivity contribution is 5.89. The van der Waals surface area contributed by atoms with Crippen molar-refractivity contribution in [2.75, 3.05) is 18.5 Å². The largest absolute Gasteiger partial charge is 0.394 e. The van der Waals surface area contributed by atoms with Gasteiger partial charge in [-0.3, -0.25) is 4.79 Å². The number of hydrogen-bond acceptors (Lipinski definition) is 4. The third kappa shape index (κ3) is 6.04. The molecule has 3 rings (SSSR count). The first-order valence-electron chi connectivity index (χ1n) is 9.08. The van der Waals surface area contributed by atoms with E-state index in [-0.39, 0.29) is 18.9 Å². The summed E-state index contributed by atoms with van der Waals surface area (Å²) in [6, 6.07) is 4.43. The lowest BCUT2D eigenvalue weighted by molar-refractivity contribution is -0.125. The quantitative estimate of drug-likeness (QED) is 0.542. The molecule has 0 unspecified atom stereocenters. The van der Waals surface area contributed by atoms with E-state index in [2.05, 4.69) is 16.0 Å². The number of rotatable bonds is 7. The van der Waals surface area contributed by atoms with Crippen molar-refractivity contribution in [3.8, 4) is 0 Å². The molecule has 0 radical (unpaired) electrons. The van der Waals surface area contributed by atoms with E-state index in [1.165, 1.54) is 18.2 Å². The minimum atomic E-state index is -0.672. The van der Waals surface area contributed by atoms with Crippen LogP contribution in [0, 0.1) is 11.7 Å². The van der Waals surface area contributed by atoms with Crippen LogP contribution in [0.25, 0.3) is 0 Å². The summed E-state index contributed by atoms with van der Waals surface area (Å²) in [4.78, 5) is 24.0. The number of anilines is 1. The molecule has 2 aliphatic rings. The van der Waals surface area contributed by atoms with E-state index < -0.39 is 30.1 Å². The second kappa shape index (κ2) is 8.96. The van der Waals surface area contributed by atoms with Crippen LogP contribution in [-0.2, 0) is 9.53 Å². The van der Waals surface area contributed by atoms with E-state index in [0.717, 1.165) is 12.8 Å². The molecule has 0 bridgehead atoms. The van der Waals surface area contributed by atoms with Crippen molar-refractivity contribution in [2.24, 2.45) is 5.92 Å².